The Morgan fingerprint density at radius 1 is 1.04 bits per heavy atom. The quantitative estimate of drug-likeness (QED) is 0.644. The molecule has 0 atom stereocenters. The lowest BCUT2D eigenvalue weighted by Gasteiger charge is -2.22. The van der Waals surface area contributed by atoms with E-state index in [0.29, 0.717) is 13.1 Å². The Morgan fingerprint density at radius 3 is 2.56 bits per heavy atom. The standard InChI is InChI=1S/C21H20N2OS/c24-21(18-9-10-18)23(15-20-22-11-12-25-20)14-16-5-4-8-19(13-16)17-6-2-1-3-7-17/h1-8,11-13,18H,9-10,14-15H2. The molecule has 0 N–H and O–H groups in total. The molecule has 1 aliphatic rings. The van der Waals surface area contributed by atoms with Crippen molar-refractivity contribution in [3.63, 3.8) is 0 Å². The van der Waals surface area contributed by atoms with Crippen molar-refractivity contribution in [3.8, 4) is 11.1 Å². The highest BCUT2D eigenvalue weighted by molar-refractivity contribution is 7.09. The summed E-state index contributed by atoms with van der Waals surface area (Å²) in [6, 6.07) is 18.8. The van der Waals surface area contributed by atoms with Crippen molar-refractivity contribution in [1.29, 1.82) is 0 Å². The summed E-state index contributed by atoms with van der Waals surface area (Å²) in [7, 11) is 0. The smallest absolute Gasteiger partial charge is 0.226 e. The van der Waals surface area contributed by atoms with Gasteiger partial charge in [-0.3, -0.25) is 4.79 Å². The molecule has 3 aromatic rings. The Bertz CT molecular complexity index is 841. The number of aromatic nitrogens is 1. The van der Waals surface area contributed by atoms with Crippen LogP contribution in [-0.4, -0.2) is 15.8 Å². The number of benzene rings is 2. The number of hydrogen-bond donors (Lipinski definition) is 0. The van der Waals surface area contributed by atoms with Crippen molar-refractivity contribution in [3.05, 3.63) is 76.7 Å². The van der Waals surface area contributed by atoms with Crippen molar-refractivity contribution in [2.75, 3.05) is 0 Å². The van der Waals surface area contributed by atoms with Crippen LogP contribution < -0.4 is 0 Å². The fourth-order valence-corrected chi connectivity index (χ4v) is 3.63. The monoisotopic (exact) mass is 348 g/mol. The summed E-state index contributed by atoms with van der Waals surface area (Å²) >= 11 is 1.61. The van der Waals surface area contributed by atoms with E-state index in [1.54, 1.807) is 17.5 Å². The van der Waals surface area contributed by atoms with Crippen molar-refractivity contribution in [1.82, 2.24) is 9.88 Å². The second-order valence-electron chi connectivity index (χ2n) is 6.46. The van der Waals surface area contributed by atoms with Gasteiger partial charge in [-0.15, -0.1) is 11.3 Å². The lowest BCUT2D eigenvalue weighted by Crippen LogP contribution is -2.31. The molecular weight excluding hydrogens is 328 g/mol. The molecule has 126 valence electrons. The molecule has 1 heterocycles. The van der Waals surface area contributed by atoms with Gasteiger partial charge in [0.05, 0.1) is 6.54 Å². The van der Waals surface area contributed by atoms with Crippen LogP contribution >= 0.6 is 11.3 Å². The van der Waals surface area contributed by atoms with Crippen LogP contribution in [0.5, 0.6) is 0 Å². The summed E-state index contributed by atoms with van der Waals surface area (Å²) in [5, 5.41) is 2.96. The first-order valence-corrected chi connectivity index (χ1v) is 9.49. The summed E-state index contributed by atoms with van der Waals surface area (Å²) in [6.07, 6.45) is 3.85. The third-order valence-corrected chi connectivity index (χ3v) is 5.22. The summed E-state index contributed by atoms with van der Waals surface area (Å²) in [4.78, 5) is 19.0. The van der Waals surface area contributed by atoms with Crippen LogP contribution in [0.3, 0.4) is 0 Å². The average molecular weight is 348 g/mol. The second kappa shape index (κ2) is 7.19. The molecule has 0 saturated heterocycles. The van der Waals surface area contributed by atoms with Gasteiger partial charge in [-0.05, 0) is 35.6 Å². The van der Waals surface area contributed by atoms with E-state index in [1.807, 2.05) is 28.5 Å². The van der Waals surface area contributed by atoms with Gasteiger partial charge in [0.1, 0.15) is 5.01 Å². The zero-order valence-corrected chi connectivity index (χ0v) is 14.8. The Kier molecular flexibility index (Phi) is 4.61. The van der Waals surface area contributed by atoms with E-state index in [9.17, 15) is 4.79 Å². The van der Waals surface area contributed by atoms with Crippen LogP contribution in [-0.2, 0) is 17.9 Å². The lowest BCUT2D eigenvalue weighted by atomic mass is 10.0. The summed E-state index contributed by atoms with van der Waals surface area (Å²) < 4.78 is 0. The number of rotatable bonds is 6. The highest BCUT2D eigenvalue weighted by Gasteiger charge is 2.33. The Hall–Kier alpha value is -2.46. The van der Waals surface area contributed by atoms with Gasteiger partial charge in [0.25, 0.3) is 0 Å². The van der Waals surface area contributed by atoms with Crippen molar-refractivity contribution in [2.24, 2.45) is 5.92 Å². The molecule has 1 amide bonds. The van der Waals surface area contributed by atoms with Crippen LogP contribution in [0.25, 0.3) is 11.1 Å². The molecule has 3 nitrogen and oxygen atoms in total. The van der Waals surface area contributed by atoms with Gasteiger partial charge in [0.2, 0.25) is 5.91 Å². The van der Waals surface area contributed by atoms with E-state index in [0.717, 1.165) is 23.4 Å². The molecule has 1 aromatic heterocycles. The minimum absolute atomic E-state index is 0.220. The molecule has 25 heavy (non-hydrogen) atoms. The van der Waals surface area contributed by atoms with Gasteiger partial charge in [0, 0.05) is 24.0 Å². The van der Waals surface area contributed by atoms with E-state index in [4.69, 9.17) is 0 Å². The molecule has 0 spiro atoms. The number of amides is 1. The molecule has 0 radical (unpaired) electrons. The second-order valence-corrected chi connectivity index (χ2v) is 7.44. The fraction of sp³-hybridized carbons (Fsp3) is 0.238. The molecule has 4 heteroatoms. The molecule has 1 aliphatic carbocycles. The van der Waals surface area contributed by atoms with Crippen molar-refractivity contribution < 1.29 is 4.79 Å². The normalized spacial score (nSPS) is 13.6. The van der Waals surface area contributed by atoms with Gasteiger partial charge in [-0.2, -0.15) is 0 Å². The zero-order chi connectivity index (χ0) is 17.1. The molecule has 0 unspecified atom stereocenters. The summed E-state index contributed by atoms with van der Waals surface area (Å²) in [5.41, 5.74) is 3.54. The Balaban J connectivity index is 1.56. The van der Waals surface area contributed by atoms with Crippen molar-refractivity contribution in [2.45, 2.75) is 25.9 Å². The minimum Gasteiger partial charge on any atom is -0.331 e. The molecule has 1 saturated carbocycles. The Morgan fingerprint density at radius 2 is 1.84 bits per heavy atom. The van der Waals surface area contributed by atoms with Gasteiger partial charge in [0.15, 0.2) is 0 Å². The van der Waals surface area contributed by atoms with Crippen molar-refractivity contribution >= 4 is 17.2 Å². The highest BCUT2D eigenvalue weighted by atomic mass is 32.1. The zero-order valence-electron chi connectivity index (χ0n) is 14.0. The predicted octanol–water partition coefficient (Wildman–Crippen LogP) is 4.75. The predicted molar refractivity (Wildman–Crippen MR) is 101 cm³/mol. The largest absolute Gasteiger partial charge is 0.331 e. The fourth-order valence-electron chi connectivity index (χ4n) is 2.99. The lowest BCUT2D eigenvalue weighted by molar-refractivity contribution is -0.133. The number of hydrogen-bond acceptors (Lipinski definition) is 3. The number of thiazole rings is 1. The Labute approximate surface area is 152 Å². The van der Waals surface area contributed by atoms with Gasteiger partial charge < -0.3 is 4.90 Å². The first kappa shape index (κ1) is 16.0. The van der Waals surface area contributed by atoms with Crippen LogP contribution in [0.2, 0.25) is 0 Å². The maximum atomic E-state index is 12.7. The SMILES string of the molecule is O=C(C1CC1)N(Cc1cccc(-c2ccccc2)c1)Cc1nccs1. The molecule has 0 aliphatic heterocycles. The van der Waals surface area contributed by atoms with Crippen LogP contribution in [0, 0.1) is 5.92 Å². The van der Waals surface area contributed by atoms with Gasteiger partial charge in [-0.25, -0.2) is 4.98 Å². The third-order valence-electron chi connectivity index (χ3n) is 4.46. The van der Waals surface area contributed by atoms with Crippen LogP contribution in [0.1, 0.15) is 23.4 Å². The number of carbonyl (C=O) groups is 1. The minimum atomic E-state index is 0.220. The molecule has 2 aromatic carbocycles. The van der Waals surface area contributed by atoms with E-state index in [2.05, 4.69) is 41.4 Å². The maximum Gasteiger partial charge on any atom is 0.226 e. The van der Waals surface area contributed by atoms with E-state index < -0.39 is 0 Å². The summed E-state index contributed by atoms with van der Waals surface area (Å²) in [5.74, 6) is 0.484. The van der Waals surface area contributed by atoms with Gasteiger partial charge in [-0.1, -0.05) is 48.5 Å². The van der Waals surface area contributed by atoms with Crippen LogP contribution in [0.4, 0.5) is 0 Å². The topological polar surface area (TPSA) is 33.2 Å². The average Bonchev–Trinajstić information content (AvgIpc) is 3.39. The number of carbonyl (C=O) groups excluding carboxylic acids is 1. The number of nitrogens with zero attached hydrogens (tertiary/aromatic N) is 2. The molecule has 0 bridgehead atoms. The van der Waals surface area contributed by atoms with Crippen LogP contribution in [0.15, 0.2) is 66.2 Å². The third kappa shape index (κ3) is 3.97. The van der Waals surface area contributed by atoms with E-state index in [-0.39, 0.29) is 11.8 Å². The molecular formula is C21H20N2OS. The molecule has 1 fully saturated rings. The maximum absolute atomic E-state index is 12.7. The highest BCUT2D eigenvalue weighted by Crippen LogP contribution is 2.32. The first-order chi connectivity index (χ1) is 12.3. The summed E-state index contributed by atoms with van der Waals surface area (Å²) in [6.45, 7) is 1.23. The van der Waals surface area contributed by atoms with Gasteiger partial charge >= 0.3 is 0 Å². The van der Waals surface area contributed by atoms with E-state index in [1.165, 1.54) is 11.1 Å². The first-order valence-electron chi connectivity index (χ1n) is 8.61. The molecule has 4 rings (SSSR count). The van der Waals surface area contributed by atoms with E-state index >= 15 is 0 Å².